The Kier molecular flexibility index (Phi) is 4.01. The smallest absolute Gasteiger partial charge is 0.409 e. The van der Waals surface area contributed by atoms with E-state index in [1.807, 2.05) is 0 Å². The summed E-state index contributed by atoms with van der Waals surface area (Å²) in [6.07, 6.45) is 0.836. The molecule has 6 nitrogen and oxygen atoms in total. The first-order chi connectivity index (χ1) is 7.52. The van der Waals surface area contributed by atoms with Crippen molar-refractivity contribution in [3.63, 3.8) is 0 Å². The van der Waals surface area contributed by atoms with Crippen LogP contribution in [0.4, 0.5) is 5.69 Å². The van der Waals surface area contributed by atoms with E-state index in [2.05, 4.69) is 21.2 Å². The van der Waals surface area contributed by atoms with Crippen molar-refractivity contribution >= 4 is 27.6 Å². The lowest BCUT2D eigenvalue weighted by Crippen LogP contribution is -2.12. The van der Waals surface area contributed by atoms with Crippen molar-refractivity contribution < 1.29 is 14.8 Å². The Balaban J connectivity index is 2.90. The third-order valence-electron chi connectivity index (χ3n) is 1.65. The van der Waals surface area contributed by atoms with Crippen LogP contribution in [0.15, 0.2) is 40.6 Å². The second-order valence-corrected chi connectivity index (χ2v) is 3.57. The summed E-state index contributed by atoms with van der Waals surface area (Å²) in [4.78, 5) is 19.9. The summed E-state index contributed by atoms with van der Waals surface area (Å²) in [6, 6.07) is 6.86. The summed E-state index contributed by atoms with van der Waals surface area (Å²) in [6.45, 7) is 0. The number of rotatable bonds is 4. The molecular formula is C9H7BrN2O4. The molecule has 0 aromatic heterocycles. The summed E-state index contributed by atoms with van der Waals surface area (Å²) in [5.74, 6) is -1.59. The van der Waals surface area contributed by atoms with Crippen LogP contribution in [-0.2, 0) is 4.79 Å². The van der Waals surface area contributed by atoms with Gasteiger partial charge in [-0.05, 0) is 28.1 Å². The van der Waals surface area contributed by atoms with Gasteiger partial charge in [0.2, 0.25) is 0 Å². The van der Waals surface area contributed by atoms with Crippen molar-refractivity contribution in [3.05, 3.63) is 50.7 Å². The lowest BCUT2D eigenvalue weighted by atomic mass is 10.3. The zero-order chi connectivity index (χ0) is 12.1. The monoisotopic (exact) mass is 286 g/mol. The molecule has 1 aromatic carbocycles. The molecule has 0 unspecified atom stereocenters. The van der Waals surface area contributed by atoms with Crippen LogP contribution >= 0.6 is 15.9 Å². The summed E-state index contributed by atoms with van der Waals surface area (Å²) in [7, 11) is 0. The lowest BCUT2D eigenvalue weighted by molar-refractivity contribution is -0.421. The SMILES string of the molecule is O=C(O)/C(=C\Nc1ccccc1Br)[N+](=O)[O-]. The van der Waals surface area contributed by atoms with Crippen LogP contribution in [0.25, 0.3) is 0 Å². The molecule has 1 aromatic rings. The Labute approximate surface area is 98.9 Å². The number of nitrogens with one attached hydrogen (secondary N) is 1. The number of benzene rings is 1. The molecule has 0 spiro atoms. The minimum Gasteiger partial charge on any atom is -0.473 e. The van der Waals surface area contributed by atoms with Gasteiger partial charge in [0.1, 0.15) is 0 Å². The highest BCUT2D eigenvalue weighted by Gasteiger charge is 2.20. The number of halogens is 1. The first kappa shape index (κ1) is 12.2. The highest BCUT2D eigenvalue weighted by atomic mass is 79.9. The number of nitro groups is 1. The summed E-state index contributed by atoms with van der Waals surface area (Å²) < 4.78 is 0.680. The van der Waals surface area contributed by atoms with Gasteiger partial charge >= 0.3 is 11.7 Å². The van der Waals surface area contributed by atoms with Gasteiger partial charge in [0.15, 0.2) is 0 Å². The van der Waals surface area contributed by atoms with Crippen LogP contribution < -0.4 is 5.32 Å². The highest BCUT2D eigenvalue weighted by molar-refractivity contribution is 9.10. The third kappa shape index (κ3) is 3.06. The van der Waals surface area contributed by atoms with E-state index in [-0.39, 0.29) is 0 Å². The van der Waals surface area contributed by atoms with E-state index in [9.17, 15) is 14.9 Å². The molecule has 0 saturated carbocycles. The fourth-order valence-electron chi connectivity index (χ4n) is 0.917. The number of para-hydroxylation sites is 1. The molecule has 1 rings (SSSR count). The predicted octanol–water partition coefficient (Wildman–Crippen LogP) is 2.06. The average molecular weight is 287 g/mol. The van der Waals surface area contributed by atoms with Crippen molar-refractivity contribution in [2.75, 3.05) is 5.32 Å². The van der Waals surface area contributed by atoms with E-state index in [1.165, 1.54) is 0 Å². The molecule has 0 aliphatic carbocycles. The first-order valence-corrected chi connectivity index (χ1v) is 4.90. The Bertz CT molecular complexity index is 443. The molecule has 0 aliphatic heterocycles. The Morgan fingerprint density at radius 1 is 1.50 bits per heavy atom. The van der Waals surface area contributed by atoms with Gasteiger partial charge in [0.05, 0.1) is 16.8 Å². The zero-order valence-corrected chi connectivity index (χ0v) is 9.47. The number of carboxylic acid groups (broad SMARTS) is 1. The van der Waals surface area contributed by atoms with E-state index in [0.29, 0.717) is 10.2 Å². The fraction of sp³-hybridized carbons (Fsp3) is 0. The minimum atomic E-state index is -1.59. The van der Waals surface area contributed by atoms with Crippen LogP contribution in [0, 0.1) is 10.1 Å². The molecule has 0 saturated heterocycles. The third-order valence-corrected chi connectivity index (χ3v) is 2.35. The molecule has 16 heavy (non-hydrogen) atoms. The quantitative estimate of drug-likeness (QED) is 0.502. The highest BCUT2D eigenvalue weighted by Crippen LogP contribution is 2.21. The number of carbonyl (C=O) groups is 1. The molecule has 0 fully saturated rings. The number of anilines is 1. The first-order valence-electron chi connectivity index (χ1n) is 4.11. The van der Waals surface area contributed by atoms with Crippen molar-refractivity contribution in [1.82, 2.24) is 0 Å². The number of carboxylic acids is 1. The molecule has 0 radical (unpaired) electrons. The number of hydrogen-bond donors (Lipinski definition) is 2. The summed E-state index contributed by atoms with van der Waals surface area (Å²) >= 11 is 3.21. The lowest BCUT2D eigenvalue weighted by Gasteiger charge is -2.02. The molecule has 0 aliphatic rings. The topological polar surface area (TPSA) is 92.5 Å². The number of aliphatic carboxylic acids is 1. The van der Waals surface area contributed by atoms with Crippen molar-refractivity contribution in [2.45, 2.75) is 0 Å². The molecule has 84 valence electrons. The Morgan fingerprint density at radius 3 is 2.62 bits per heavy atom. The standard InChI is InChI=1S/C9H7BrN2O4/c10-6-3-1-2-4-7(6)11-5-8(9(13)14)12(15)16/h1-5,11H,(H,13,14)/b8-5+. The van der Waals surface area contributed by atoms with E-state index in [0.717, 1.165) is 6.20 Å². The molecule has 7 heteroatoms. The second-order valence-electron chi connectivity index (χ2n) is 2.72. The fourth-order valence-corrected chi connectivity index (χ4v) is 1.32. The number of nitrogens with zero attached hydrogens (tertiary/aromatic N) is 1. The maximum absolute atomic E-state index is 10.5. The Morgan fingerprint density at radius 2 is 2.12 bits per heavy atom. The van der Waals surface area contributed by atoms with E-state index >= 15 is 0 Å². The van der Waals surface area contributed by atoms with E-state index < -0.39 is 16.6 Å². The molecule has 0 amide bonds. The summed E-state index contributed by atoms with van der Waals surface area (Å²) in [5, 5.41) is 21.4. The van der Waals surface area contributed by atoms with Gasteiger partial charge in [-0.2, -0.15) is 0 Å². The van der Waals surface area contributed by atoms with Gasteiger partial charge < -0.3 is 10.4 Å². The molecule has 0 atom stereocenters. The predicted molar refractivity (Wildman–Crippen MR) is 60.5 cm³/mol. The maximum atomic E-state index is 10.5. The minimum absolute atomic E-state index is 0.545. The zero-order valence-electron chi connectivity index (χ0n) is 7.88. The van der Waals surface area contributed by atoms with Crippen LogP contribution in [0.3, 0.4) is 0 Å². The largest absolute Gasteiger partial charge is 0.473 e. The van der Waals surface area contributed by atoms with Gasteiger partial charge in [-0.1, -0.05) is 12.1 Å². The molecule has 0 bridgehead atoms. The van der Waals surface area contributed by atoms with Crippen molar-refractivity contribution in [3.8, 4) is 0 Å². The van der Waals surface area contributed by atoms with Crippen molar-refractivity contribution in [2.24, 2.45) is 0 Å². The van der Waals surface area contributed by atoms with Gasteiger partial charge in [0, 0.05) is 4.47 Å². The average Bonchev–Trinajstić information content (AvgIpc) is 2.20. The normalized spacial score (nSPS) is 10.9. The van der Waals surface area contributed by atoms with Crippen LogP contribution in [0.5, 0.6) is 0 Å². The van der Waals surface area contributed by atoms with Gasteiger partial charge in [-0.15, -0.1) is 0 Å². The van der Waals surface area contributed by atoms with E-state index in [4.69, 9.17) is 5.11 Å². The van der Waals surface area contributed by atoms with Gasteiger partial charge in [-0.25, -0.2) is 4.79 Å². The van der Waals surface area contributed by atoms with Gasteiger partial charge in [0.25, 0.3) is 0 Å². The molecular weight excluding hydrogens is 280 g/mol. The molecule has 2 N–H and O–H groups in total. The van der Waals surface area contributed by atoms with Crippen molar-refractivity contribution in [1.29, 1.82) is 0 Å². The maximum Gasteiger partial charge on any atom is 0.409 e. The van der Waals surface area contributed by atoms with Crippen LogP contribution in [0.2, 0.25) is 0 Å². The van der Waals surface area contributed by atoms with E-state index in [1.54, 1.807) is 24.3 Å². The summed E-state index contributed by atoms with van der Waals surface area (Å²) in [5.41, 5.74) is -0.376. The Hall–Kier alpha value is -1.89. The van der Waals surface area contributed by atoms with Gasteiger partial charge in [-0.3, -0.25) is 10.1 Å². The van der Waals surface area contributed by atoms with Crippen LogP contribution in [-0.4, -0.2) is 16.0 Å². The van der Waals surface area contributed by atoms with Crippen LogP contribution in [0.1, 0.15) is 0 Å². The molecule has 0 heterocycles. The number of hydrogen-bond acceptors (Lipinski definition) is 4. The second kappa shape index (κ2) is 5.26.